The summed E-state index contributed by atoms with van der Waals surface area (Å²) in [5, 5.41) is 3.35. The van der Waals surface area contributed by atoms with E-state index in [1.165, 1.54) is 0 Å². The molecule has 1 fully saturated rings. The molecule has 0 aliphatic carbocycles. The molecule has 1 atom stereocenters. The molecule has 0 aromatic rings. The molecular formula is C14H24N2O. The largest absolute Gasteiger partial charge is 0.334 e. The van der Waals surface area contributed by atoms with E-state index in [2.05, 4.69) is 32.3 Å². The van der Waals surface area contributed by atoms with Gasteiger partial charge in [-0.1, -0.05) is 26.0 Å². The molecule has 3 nitrogen and oxygen atoms in total. The lowest BCUT2D eigenvalue weighted by molar-refractivity contribution is -0.136. The van der Waals surface area contributed by atoms with Crippen molar-refractivity contribution in [2.24, 2.45) is 5.41 Å². The normalized spacial score (nSPS) is 22.8. The molecule has 0 saturated carbocycles. The molecular weight excluding hydrogens is 212 g/mol. The second-order valence-corrected chi connectivity index (χ2v) is 5.30. The van der Waals surface area contributed by atoms with Crippen LogP contribution < -0.4 is 5.32 Å². The van der Waals surface area contributed by atoms with Gasteiger partial charge in [-0.05, 0) is 24.8 Å². The third kappa shape index (κ3) is 3.43. The van der Waals surface area contributed by atoms with Crippen LogP contribution in [-0.4, -0.2) is 36.5 Å². The van der Waals surface area contributed by atoms with Crippen LogP contribution in [0, 0.1) is 5.41 Å². The van der Waals surface area contributed by atoms with Gasteiger partial charge in [0.1, 0.15) is 0 Å². The maximum atomic E-state index is 12.5. The molecule has 0 spiro atoms. The number of nitrogens with zero attached hydrogens (tertiary/aromatic N) is 1. The summed E-state index contributed by atoms with van der Waals surface area (Å²) in [6.45, 7) is 13.8. The highest BCUT2D eigenvalue weighted by atomic mass is 16.2. The molecule has 1 amide bonds. The van der Waals surface area contributed by atoms with Crippen molar-refractivity contribution in [3.8, 4) is 0 Å². The Labute approximate surface area is 105 Å². The molecule has 1 N–H and O–H groups in total. The predicted molar refractivity (Wildman–Crippen MR) is 71.8 cm³/mol. The van der Waals surface area contributed by atoms with Gasteiger partial charge in [-0.25, -0.2) is 0 Å². The van der Waals surface area contributed by atoms with Crippen LogP contribution in [0.15, 0.2) is 25.3 Å². The van der Waals surface area contributed by atoms with Gasteiger partial charge in [-0.3, -0.25) is 4.79 Å². The first-order valence-corrected chi connectivity index (χ1v) is 6.27. The smallest absolute Gasteiger partial charge is 0.240 e. The average molecular weight is 236 g/mol. The standard InChI is InChI=1S/C14H24N2O/c1-5-10-16(11-6-2)13(17)12-14(3,4)8-7-9-15-12/h5-6,12,15H,1-2,7-11H2,3-4H3. The van der Waals surface area contributed by atoms with E-state index >= 15 is 0 Å². The summed E-state index contributed by atoms with van der Waals surface area (Å²) in [6.07, 6.45) is 5.75. The van der Waals surface area contributed by atoms with Gasteiger partial charge in [0.2, 0.25) is 5.91 Å². The van der Waals surface area contributed by atoms with Gasteiger partial charge in [-0.15, -0.1) is 13.2 Å². The van der Waals surface area contributed by atoms with Crippen molar-refractivity contribution in [3.05, 3.63) is 25.3 Å². The number of nitrogens with one attached hydrogen (secondary N) is 1. The minimum Gasteiger partial charge on any atom is -0.334 e. The zero-order valence-electron chi connectivity index (χ0n) is 11.0. The molecule has 3 heteroatoms. The van der Waals surface area contributed by atoms with Crippen LogP contribution in [0.4, 0.5) is 0 Å². The van der Waals surface area contributed by atoms with Crippen molar-refractivity contribution >= 4 is 5.91 Å². The lowest BCUT2D eigenvalue weighted by atomic mass is 9.77. The first-order chi connectivity index (χ1) is 8.03. The molecule has 1 unspecified atom stereocenters. The van der Waals surface area contributed by atoms with Crippen molar-refractivity contribution in [2.45, 2.75) is 32.7 Å². The molecule has 1 heterocycles. The average Bonchev–Trinajstić information content (AvgIpc) is 2.27. The Balaban J connectivity index is 2.77. The number of carbonyl (C=O) groups excluding carboxylic acids is 1. The minimum absolute atomic E-state index is 0.0237. The van der Waals surface area contributed by atoms with Crippen LogP contribution in [0.1, 0.15) is 26.7 Å². The van der Waals surface area contributed by atoms with Gasteiger partial charge >= 0.3 is 0 Å². The van der Waals surface area contributed by atoms with E-state index in [1.54, 1.807) is 17.1 Å². The Hall–Kier alpha value is -1.09. The van der Waals surface area contributed by atoms with Crippen molar-refractivity contribution in [2.75, 3.05) is 19.6 Å². The van der Waals surface area contributed by atoms with Gasteiger partial charge in [0.05, 0.1) is 6.04 Å². The van der Waals surface area contributed by atoms with Crippen molar-refractivity contribution in [1.29, 1.82) is 0 Å². The van der Waals surface area contributed by atoms with Gasteiger partial charge in [0.15, 0.2) is 0 Å². The summed E-state index contributed by atoms with van der Waals surface area (Å²) in [4.78, 5) is 14.3. The maximum absolute atomic E-state index is 12.5. The van der Waals surface area contributed by atoms with E-state index in [-0.39, 0.29) is 17.4 Å². The number of rotatable bonds is 5. The summed E-state index contributed by atoms with van der Waals surface area (Å²) in [5.41, 5.74) is 0.0237. The number of hydrogen-bond acceptors (Lipinski definition) is 2. The zero-order valence-corrected chi connectivity index (χ0v) is 11.0. The fourth-order valence-electron chi connectivity index (χ4n) is 2.38. The van der Waals surface area contributed by atoms with E-state index < -0.39 is 0 Å². The van der Waals surface area contributed by atoms with Gasteiger partial charge < -0.3 is 10.2 Å². The molecule has 1 aliphatic heterocycles. The van der Waals surface area contributed by atoms with Gasteiger partial charge in [0, 0.05) is 13.1 Å². The summed E-state index contributed by atoms with van der Waals surface area (Å²) < 4.78 is 0. The highest BCUT2D eigenvalue weighted by Crippen LogP contribution is 2.31. The van der Waals surface area contributed by atoms with E-state index in [1.807, 2.05) is 0 Å². The molecule has 1 rings (SSSR count). The Kier molecular flexibility index (Phi) is 4.94. The van der Waals surface area contributed by atoms with E-state index in [0.717, 1.165) is 19.4 Å². The Morgan fingerprint density at radius 2 is 2.00 bits per heavy atom. The first kappa shape index (κ1) is 14.0. The van der Waals surface area contributed by atoms with Crippen LogP contribution in [0.5, 0.6) is 0 Å². The van der Waals surface area contributed by atoms with Crippen molar-refractivity contribution in [3.63, 3.8) is 0 Å². The highest BCUT2D eigenvalue weighted by Gasteiger charge is 2.38. The Bertz CT molecular complexity index is 287. The number of carbonyl (C=O) groups is 1. The second-order valence-electron chi connectivity index (χ2n) is 5.30. The SMILES string of the molecule is C=CCN(CC=C)C(=O)C1NCCCC1(C)C. The lowest BCUT2D eigenvalue weighted by Gasteiger charge is -2.40. The topological polar surface area (TPSA) is 32.3 Å². The van der Waals surface area contributed by atoms with Gasteiger partial charge in [-0.2, -0.15) is 0 Å². The summed E-state index contributed by atoms with van der Waals surface area (Å²) >= 11 is 0. The molecule has 96 valence electrons. The Morgan fingerprint density at radius 1 is 1.41 bits per heavy atom. The molecule has 1 saturated heterocycles. The number of piperidine rings is 1. The molecule has 0 aromatic carbocycles. The van der Waals surface area contributed by atoms with E-state index in [9.17, 15) is 4.79 Å². The van der Waals surface area contributed by atoms with E-state index in [4.69, 9.17) is 0 Å². The summed E-state index contributed by atoms with van der Waals surface area (Å²) in [5.74, 6) is 0.162. The van der Waals surface area contributed by atoms with Crippen molar-refractivity contribution < 1.29 is 4.79 Å². The quantitative estimate of drug-likeness (QED) is 0.740. The molecule has 0 bridgehead atoms. The van der Waals surface area contributed by atoms with E-state index in [0.29, 0.717) is 13.1 Å². The fourth-order valence-corrected chi connectivity index (χ4v) is 2.38. The third-order valence-corrected chi connectivity index (χ3v) is 3.39. The fraction of sp³-hybridized carbons (Fsp3) is 0.643. The van der Waals surface area contributed by atoms with Gasteiger partial charge in [0.25, 0.3) is 0 Å². The Morgan fingerprint density at radius 3 is 2.47 bits per heavy atom. The minimum atomic E-state index is -0.0869. The van der Waals surface area contributed by atoms with Crippen LogP contribution in [0.3, 0.4) is 0 Å². The monoisotopic (exact) mass is 236 g/mol. The van der Waals surface area contributed by atoms with Crippen LogP contribution >= 0.6 is 0 Å². The number of hydrogen-bond donors (Lipinski definition) is 1. The molecule has 0 radical (unpaired) electrons. The van der Waals surface area contributed by atoms with Crippen molar-refractivity contribution in [1.82, 2.24) is 10.2 Å². The first-order valence-electron chi connectivity index (χ1n) is 6.27. The molecule has 1 aliphatic rings. The number of amides is 1. The maximum Gasteiger partial charge on any atom is 0.240 e. The third-order valence-electron chi connectivity index (χ3n) is 3.39. The van der Waals surface area contributed by atoms with Crippen LogP contribution in [-0.2, 0) is 4.79 Å². The van der Waals surface area contributed by atoms with Crippen LogP contribution in [0.25, 0.3) is 0 Å². The second kappa shape index (κ2) is 6.01. The van der Waals surface area contributed by atoms with Crippen LogP contribution in [0.2, 0.25) is 0 Å². The zero-order chi connectivity index (χ0) is 12.9. The molecule has 0 aromatic heterocycles. The highest BCUT2D eigenvalue weighted by molar-refractivity contribution is 5.83. The lowest BCUT2D eigenvalue weighted by Crippen LogP contribution is -2.56. The summed E-state index contributed by atoms with van der Waals surface area (Å²) in [7, 11) is 0. The summed E-state index contributed by atoms with van der Waals surface area (Å²) in [6, 6.07) is -0.0869. The predicted octanol–water partition coefficient (Wildman–Crippen LogP) is 1.97. The molecule has 17 heavy (non-hydrogen) atoms.